The van der Waals surface area contributed by atoms with Gasteiger partial charge in [0.25, 0.3) is 0 Å². The van der Waals surface area contributed by atoms with Crippen LogP contribution in [0.1, 0.15) is 23.3 Å². The number of benzene rings is 1. The first-order valence-electron chi connectivity index (χ1n) is 6.84. The van der Waals surface area contributed by atoms with Crippen molar-refractivity contribution in [3.8, 4) is 11.4 Å². The van der Waals surface area contributed by atoms with Gasteiger partial charge in [-0.15, -0.1) is 11.3 Å². The van der Waals surface area contributed by atoms with Crippen molar-refractivity contribution in [1.29, 1.82) is 0 Å². The molecule has 20 heavy (non-hydrogen) atoms. The molecule has 2 heterocycles. The Morgan fingerprint density at radius 3 is 2.70 bits per heavy atom. The van der Waals surface area contributed by atoms with Gasteiger partial charge in [-0.25, -0.2) is 9.97 Å². The lowest BCUT2D eigenvalue weighted by Gasteiger charge is -2.09. The Labute approximate surface area is 126 Å². The van der Waals surface area contributed by atoms with Gasteiger partial charge in [0.2, 0.25) is 0 Å². The number of hydrogen-bond acceptors (Lipinski definition) is 3. The van der Waals surface area contributed by atoms with E-state index in [1.807, 2.05) is 41.8 Å². The smallest absolute Gasteiger partial charge is 0.160 e. The second kappa shape index (κ2) is 4.83. The number of halogens is 1. The minimum Gasteiger partial charge on any atom is -0.236 e. The maximum atomic E-state index is 5.92. The molecule has 0 N–H and O–H groups in total. The van der Waals surface area contributed by atoms with Gasteiger partial charge < -0.3 is 0 Å². The Bertz CT molecular complexity index is 777. The summed E-state index contributed by atoms with van der Waals surface area (Å²) in [5.74, 6) is 0.785. The highest BCUT2D eigenvalue weighted by Gasteiger charge is 2.17. The Morgan fingerprint density at radius 2 is 1.85 bits per heavy atom. The average molecular weight is 301 g/mol. The molecule has 2 nitrogen and oxygen atoms in total. The van der Waals surface area contributed by atoms with Crippen molar-refractivity contribution in [2.24, 2.45) is 0 Å². The third-order valence-corrected chi connectivity index (χ3v) is 5.27. The molecular weight excluding hydrogens is 288 g/mol. The van der Waals surface area contributed by atoms with Crippen LogP contribution in [0.25, 0.3) is 21.6 Å². The van der Waals surface area contributed by atoms with Crippen molar-refractivity contribution in [2.75, 3.05) is 0 Å². The minimum absolute atomic E-state index is 0.737. The summed E-state index contributed by atoms with van der Waals surface area (Å²) in [5.41, 5.74) is 2.50. The Balaban J connectivity index is 1.84. The molecule has 100 valence electrons. The molecule has 0 saturated heterocycles. The molecule has 0 radical (unpaired) electrons. The van der Waals surface area contributed by atoms with Gasteiger partial charge in [-0.05, 0) is 55.5 Å². The SMILES string of the molecule is Clc1ccc(-c2ncc3c4c(sc3n2)CCCC4)cc1. The standard InChI is InChI=1S/C16H13ClN2S/c17-11-7-5-10(6-8-11)15-18-9-13-12-3-1-2-4-14(12)20-16(13)19-15/h5-9H,1-4H2. The summed E-state index contributed by atoms with van der Waals surface area (Å²) in [4.78, 5) is 11.9. The van der Waals surface area contributed by atoms with Gasteiger partial charge in [-0.3, -0.25) is 0 Å². The highest BCUT2D eigenvalue weighted by molar-refractivity contribution is 7.18. The third kappa shape index (κ3) is 2.02. The van der Waals surface area contributed by atoms with Crippen LogP contribution in [0.4, 0.5) is 0 Å². The van der Waals surface area contributed by atoms with E-state index in [2.05, 4.69) is 4.98 Å². The fraction of sp³-hybridized carbons (Fsp3) is 0.250. The number of fused-ring (bicyclic) bond motifs is 3. The summed E-state index contributed by atoms with van der Waals surface area (Å²) in [5, 5.41) is 1.99. The number of hydrogen-bond donors (Lipinski definition) is 0. The third-order valence-electron chi connectivity index (χ3n) is 3.82. The van der Waals surface area contributed by atoms with E-state index in [1.165, 1.54) is 41.5 Å². The van der Waals surface area contributed by atoms with Crippen molar-refractivity contribution < 1.29 is 0 Å². The van der Waals surface area contributed by atoms with Gasteiger partial charge in [0.15, 0.2) is 5.82 Å². The second-order valence-electron chi connectivity index (χ2n) is 5.13. The second-order valence-corrected chi connectivity index (χ2v) is 6.65. The van der Waals surface area contributed by atoms with Gasteiger partial charge in [0, 0.05) is 27.0 Å². The molecular formula is C16H13ClN2S. The Morgan fingerprint density at radius 1 is 1.05 bits per heavy atom. The van der Waals surface area contributed by atoms with Gasteiger partial charge in [0.1, 0.15) is 4.83 Å². The molecule has 0 bridgehead atoms. The van der Waals surface area contributed by atoms with Crippen molar-refractivity contribution >= 4 is 33.2 Å². The predicted molar refractivity (Wildman–Crippen MR) is 84.5 cm³/mol. The molecule has 0 aliphatic heterocycles. The summed E-state index contributed by atoms with van der Waals surface area (Å²) in [7, 11) is 0. The Hall–Kier alpha value is -1.45. The summed E-state index contributed by atoms with van der Waals surface area (Å²) >= 11 is 7.76. The molecule has 0 fully saturated rings. The zero-order valence-electron chi connectivity index (χ0n) is 10.9. The van der Waals surface area contributed by atoms with Crippen LogP contribution in [0, 0.1) is 0 Å². The molecule has 2 aromatic heterocycles. The lowest BCUT2D eigenvalue weighted by atomic mass is 9.97. The van der Waals surface area contributed by atoms with Crippen LogP contribution >= 0.6 is 22.9 Å². The van der Waals surface area contributed by atoms with Crippen LogP contribution < -0.4 is 0 Å². The van der Waals surface area contributed by atoms with Gasteiger partial charge in [-0.1, -0.05) is 11.6 Å². The topological polar surface area (TPSA) is 25.8 Å². The van der Waals surface area contributed by atoms with Gasteiger partial charge >= 0.3 is 0 Å². The summed E-state index contributed by atoms with van der Waals surface area (Å²) < 4.78 is 0. The zero-order valence-corrected chi connectivity index (χ0v) is 12.5. The molecule has 1 aliphatic rings. The fourth-order valence-corrected chi connectivity index (χ4v) is 4.14. The number of aromatic nitrogens is 2. The Kier molecular flexibility index (Phi) is 2.97. The molecule has 0 spiro atoms. The molecule has 4 rings (SSSR count). The van der Waals surface area contributed by atoms with Crippen LogP contribution in [0.3, 0.4) is 0 Å². The molecule has 0 atom stereocenters. The van der Waals surface area contributed by atoms with E-state index in [0.717, 1.165) is 21.2 Å². The lowest BCUT2D eigenvalue weighted by molar-refractivity contribution is 0.700. The first-order valence-corrected chi connectivity index (χ1v) is 8.04. The zero-order chi connectivity index (χ0) is 13.5. The van der Waals surface area contributed by atoms with E-state index >= 15 is 0 Å². The number of aryl methyl sites for hydroxylation is 2. The molecule has 0 unspecified atom stereocenters. The van der Waals surface area contributed by atoms with E-state index in [1.54, 1.807) is 0 Å². The first kappa shape index (κ1) is 12.3. The van der Waals surface area contributed by atoms with Crippen molar-refractivity contribution in [2.45, 2.75) is 25.7 Å². The first-order chi connectivity index (χ1) is 9.81. The molecule has 1 aromatic carbocycles. The number of thiophene rings is 1. The van der Waals surface area contributed by atoms with E-state index in [0.29, 0.717) is 0 Å². The average Bonchev–Trinajstić information content (AvgIpc) is 2.85. The van der Waals surface area contributed by atoms with E-state index < -0.39 is 0 Å². The summed E-state index contributed by atoms with van der Waals surface area (Å²) in [6, 6.07) is 7.70. The maximum absolute atomic E-state index is 5.92. The van der Waals surface area contributed by atoms with E-state index in [4.69, 9.17) is 16.6 Å². The van der Waals surface area contributed by atoms with E-state index in [-0.39, 0.29) is 0 Å². The molecule has 1 aliphatic carbocycles. The predicted octanol–water partition coefficient (Wildman–Crippen LogP) is 4.89. The van der Waals surface area contributed by atoms with Crippen LogP contribution in [0.2, 0.25) is 5.02 Å². The van der Waals surface area contributed by atoms with Crippen LogP contribution in [-0.4, -0.2) is 9.97 Å². The van der Waals surface area contributed by atoms with Crippen molar-refractivity contribution in [3.63, 3.8) is 0 Å². The molecule has 0 saturated carbocycles. The highest BCUT2D eigenvalue weighted by Crippen LogP contribution is 2.35. The van der Waals surface area contributed by atoms with Gasteiger partial charge in [0.05, 0.1) is 0 Å². The normalized spacial score (nSPS) is 14.4. The highest BCUT2D eigenvalue weighted by atomic mass is 35.5. The molecule has 3 aromatic rings. The lowest BCUT2D eigenvalue weighted by Crippen LogP contribution is -1.98. The van der Waals surface area contributed by atoms with Gasteiger partial charge in [-0.2, -0.15) is 0 Å². The van der Waals surface area contributed by atoms with Crippen LogP contribution in [-0.2, 0) is 12.8 Å². The van der Waals surface area contributed by atoms with Crippen molar-refractivity contribution in [3.05, 3.63) is 45.9 Å². The van der Waals surface area contributed by atoms with Crippen LogP contribution in [0.5, 0.6) is 0 Å². The van der Waals surface area contributed by atoms with E-state index in [9.17, 15) is 0 Å². The maximum Gasteiger partial charge on any atom is 0.160 e. The fourth-order valence-electron chi connectivity index (χ4n) is 2.78. The monoisotopic (exact) mass is 300 g/mol. The summed E-state index contributed by atoms with van der Waals surface area (Å²) in [6.07, 6.45) is 6.97. The largest absolute Gasteiger partial charge is 0.236 e. The minimum atomic E-state index is 0.737. The van der Waals surface area contributed by atoms with Crippen molar-refractivity contribution in [1.82, 2.24) is 9.97 Å². The van der Waals surface area contributed by atoms with Crippen LogP contribution in [0.15, 0.2) is 30.5 Å². The number of nitrogens with zero attached hydrogens (tertiary/aromatic N) is 2. The summed E-state index contributed by atoms with van der Waals surface area (Å²) in [6.45, 7) is 0. The molecule has 0 amide bonds. The molecule has 4 heteroatoms. The number of rotatable bonds is 1. The quantitative estimate of drug-likeness (QED) is 0.639.